The molecule has 1 unspecified atom stereocenters. The fraction of sp³-hybridized carbons (Fsp3) is 0.333. The summed E-state index contributed by atoms with van der Waals surface area (Å²) >= 11 is 0. The molecular formula is C18H22N2O3. The molecule has 2 amide bonds. The minimum Gasteiger partial charge on any atom is -0.394 e. The lowest BCUT2D eigenvalue weighted by atomic mass is 10.1. The normalized spacial score (nSPS) is 11.9. The summed E-state index contributed by atoms with van der Waals surface area (Å²) < 4.78 is 0. The van der Waals surface area contributed by atoms with Crippen LogP contribution in [0, 0.1) is 0 Å². The predicted octanol–water partition coefficient (Wildman–Crippen LogP) is 1.85. The number of benzene rings is 2. The summed E-state index contributed by atoms with van der Waals surface area (Å²) in [7, 11) is 0. The van der Waals surface area contributed by atoms with Gasteiger partial charge >= 0.3 is 0 Å². The molecule has 2 aromatic carbocycles. The van der Waals surface area contributed by atoms with Gasteiger partial charge in [-0.25, -0.2) is 0 Å². The third kappa shape index (κ3) is 4.79. The molecule has 0 aliphatic carbocycles. The minimum atomic E-state index is -0.223. The number of aliphatic hydroxyl groups is 1. The molecule has 0 aliphatic rings. The first-order chi connectivity index (χ1) is 11.1. The fourth-order valence-electron chi connectivity index (χ4n) is 2.30. The van der Waals surface area contributed by atoms with Crippen molar-refractivity contribution < 1.29 is 14.7 Å². The molecule has 23 heavy (non-hydrogen) atoms. The van der Waals surface area contributed by atoms with E-state index in [1.807, 2.05) is 43.3 Å². The van der Waals surface area contributed by atoms with Crippen molar-refractivity contribution >= 4 is 22.6 Å². The van der Waals surface area contributed by atoms with Gasteiger partial charge in [-0.1, -0.05) is 37.3 Å². The van der Waals surface area contributed by atoms with Gasteiger partial charge in [0.05, 0.1) is 12.6 Å². The van der Waals surface area contributed by atoms with Gasteiger partial charge < -0.3 is 15.7 Å². The van der Waals surface area contributed by atoms with Crippen molar-refractivity contribution in [3.63, 3.8) is 0 Å². The molecule has 2 aromatic rings. The molecule has 1 atom stereocenters. The maximum atomic E-state index is 12.1. The molecule has 5 heteroatoms. The first kappa shape index (κ1) is 17.0. The monoisotopic (exact) mass is 314 g/mol. The van der Waals surface area contributed by atoms with Crippen LogP contribution in [-0.4, -0.2) is 36.1 Å². The van der Waals surface area contributed by atoms with Crippen molar-refractivity contribution in [2.45, 2.75) is 25.8 Å². The summed E-state index contributed by atoms with van der Waals surface area (Å²) in [6, 6.07) is 13.1. The zero-order valence-corrected chi connectivity index (χ0v) is 13.2. The molecule has 0 heterocycles. The Labute approximate surface area is 135 Å². The second kappa shape index (κ2) is 8.29. The Morgan fingerprint density at radius 2 is 1.87 bits per heavy atom. The lowest BCUT2D eigenvalue weighted by Gasteiger charge is -2.14. The Morgan fingerprint density at radius 1 is 1.13 bits per heavy atom. The van der Waals surface area contributed by atoms with E-state index in [9.17, 15) is 9.59 Å². The van der Waals surface area contributed by atoms with E-state index in [2.05, 4.69) is 10.6 Å². The summed E-state index contributed by atoms with van der Waals surface area (Å²) in [6.45, 7) is 2.08. The largest absolute Gasteiger partial charge is 0.394 e. The van der Waals surface area contributed by atoms with E-state index >= 15 is 0 Å². The smallest absolute Gasteiger partial charge is 0.251 e. The lowest BCUT2D eigenvalue weighted by molar-refractivity contribution is -0.122. The van der Waals surface area contributed by atoms with E-state index < -0.39 is 0 Å². The van der Waals surface area contributed by atoms with Crippen LogP contribution >= 0.6 is 0 Å². The highest BCUT2D eigenvalue weighted by Gasteiger charge is 2.10. The van der Waals surface area contributed by atoms with Gasteiger partial charge in [-0.2, -0.15) is 0 Å². The van der Waals surface area contributed by atoms with Crippen molar-refractivity contribution in [1.29, 1.82) is 0 Å². The van der Waals surface area contributed by atoms with Gasteiger partial charge in [0.1, 0.15) is 0 Å². The van der Waals surface area contributed by atoms with Crippen LogP contribution < -0.4 is 10.6 Å². The SMILES string of the molecule is CCC(CO)NC(=O)CCNC(=O)c1ccc2ccccc2c1. The number of carbonyl (C=O) groups excluding carboxylic acids is 2. The molecule has 2 rings (SSSR count). The number of hydrogen-bond donors (Lipinski definition) is 3. The molecule has 122 valence electrons. The van der Waals surface area contributed by atoms with Crippen molar-refractivity contribution in [2.24, 2.45) is 0 Å². The van der Waals surface area contributed by atoms with Crippen LogP contribution in [0.1, 0.15) is 30.1 Å². The topological polar surface area (TPSA) is 78.4 Å². The summed E-state index contributed by atoms with van der Waals surface area (Å²) in [6.07, 6.45) is 0.863. The average Bonchev–Trinajstić information content (AvgIpc) is 2.59. The Kier molecular flexibility index (Phi) is 6.11. The Bertz CT molecular complexity index is 681. The van der Waals surface area contributed by atoms with Crippen molar-refractivity contribution in [3.8, 4) is 0 Å². The number of rotatable bonds is 7. The molecule has 3 N–H and O–H groups in total. The molecule has 0 fully saturated rings. The Balaban J connectivity index is 1.85. The predicted molar refractivity (Wildman–Crippen MR) is 90.2 cm³/mol. The highest BCUT2D eigenvalue weighted by molar-refractivity contribution is 5.98. The molecule has 0 spiro atoms. The lowest BCUT2D eigenvalue weighted by Crippen LogP contribution is -2.38. The third-order valence-corrected chi connectivity index (χ3v) is 3.73. The van der Waals surface area contributed by atoms with Crippen LogP contribution in [0.15, 0.2) is 42.5 Å². The van der Waals surface area contributed by atoms with Gasteiger partial charge in [-0.05, 0) is 29.3 Å². The zero-order chi connectivity index (χ0) is 16.7. The molecule has 0 aliphatic heterocycles. The van der Waals surface area contributed by atoms with Crippen LogP contribution in [0.25, 0.3) is 10.8 Å². The summed E-state index contributed by atoms with van der Waals surface area (Å²) in [5.74, 6) is -0.373. The molecule has 5 nitrogen and oxygen atoms in total. The van der Waals surface area contributed by atoms with E-state index in [1.54, 1.807) is 6.07 Å². The second-order valence-corrected chi connectivity index (χ2v) is 5.42. The maximum absolute atomic E-state index is 12.1. The van der Waals surface area contributed by atoms with Gasteiger partial charge in [0, 0.05) is 18.5 Å². The standard InChI is InChI=1S/C18H22N2O3/c1-2-16(12-21)20-17(22)9-10-19-18(23)15-8-7-13-5-3-4-6-14(13)11-15/h3-8,11,16,21H,2,9-10,12H2,1H3,(H,19,23)(H,20,22). The maximum Gasteiger partial charge on any atom is 0.251 e. The van der Waals surface area contributed by atoms with E-state index in [-0.39, 0.29) is 37.4 Å². The van der Waals surface area contributed by atoms with E-state index in [0.29, 0.717) is 12.0 Å². The molecule has 0 radical (unpaired) electrons. The summed E-state index contributed by atoms with van der Waals surface area (Å²) in [5.41, 5.74) is 0.575. The van der Waals surface area contributed by atoms with Gasteiger partial charge in [-0.3, -0.25) is 9.59 Å². The second-order valence-electron chi connectivity index (χ2n) is 5.42. The number of hydrogen-bond acceptors (Lipinski definition) is 3. The number of fused-ring (bicyclic) bond motifs is 1. The van der Waals surface area contributed by atoms with Crippen LogP contribution in [0.5, 0.6) is 0 Å². The van der Waals surface area contributed by atoms with Gasteiger partial charge in [0.15, 0.2) is 0 Å². The van der Waals surface area contributed by atoms with Crippen LogP contribution in [-0.2, 0) is 4.79 Å². The first-order valence-corrected chi connectivity index (χ1v) is 7.81. The van der Waals surface area contributed by atoms with Crippen molar-refractivity contribution in [1.82, 2.24) is 10.6 Å². The number of carbonyl (C=O) groups is 2. The Morgan fingerprint density at radius 3 is 2.57 bits per heavy atom. The average molecular weight is 314 g/mol. The van der Waals surface area contributed by atoms with Gasteiger partial charge in [0.25, 0.3) is 5.91 Å². The molecular weight excluding hydrogens is 292 g/mol. The van der Waals surface area contributed by atoms with Crippen LogP contribution in [0.3, 0.4) is 0 Å². The first-order valence-electron chi connectivity index (χ1n) is 7.81. The summed E-state index contributed by atoms with van der Waals surface area (Å²) in [5, 5.41) is 16.6. The highest BCUT2D eigenvalue weighted by atomic mass is 16.3. The van der Waals surface area contributed by atoms with E-state index in [0.717, 1.165) is 10.8 Å². The molecule has 0 saturated heterocycles. The quantitative estimate of drug-likeness (QED) is 0.730. The number of amides is 2. The highest BCUT2D eigenvalue weighted by Crippen LogP contribution is 2.15. The fourth-order valence-corrected chi connectivity index (χ4v) is 2.30. The van der Waals surface area contributed by atoms with Crippen LogP contribution in [0.4, 0.5) is 0 Å². The summed E-state index contributed by atoms with van der Waals surface area (Å²) in [4.78, 5) is 23.8. The number of nitrogens with one attached hydrogen (secondary N) is 2. The molecule has 0 aromatic heterocycles. The minimum absolute atomic E-state index is 0.0777. The van der Waals surface area contributed by atoms with Crippen LogP contribution in [0.2, 0.25) is 0 Å². The van der Waals surface area contributed by atoms with Crippen molar-refractivity contribution in [2.75, 3.05) is 13.2 Å². The number of aliphatic hydroxyl groups excluding tert-OH is 1. The molecule has 0 bridgehead atoms. The van der Waals surface area contributed by atoms with E-state index in [4.69, 9.17) is 5.11 Å². The van der Waals surface area contributed by atoms with Gasteiger partial charge in [-0.15, -0.1) is 0 Å². The molecule has 0 saturated carbocycles. The van der Waals surface area contributed by atoms with E-state index in [1.165, 1.54) is 0 Å². The Hall–Kier alpha value is -2.40. The van der Waals surface area contributed by atoms with Gasteiger partial charge in [0.2, 0.25) is 5.91 Å². The van der Waals surface area contributed by atoms with Crippen molar-refractivity contribution in [3.05, 3.63) is 48.0 Å². The zero-order valence-electron chi connectivity index (χ0n) is 13.2. The third-order valence-electron chi connectivity index (χ3n) is 3.73.